The van der Waals surface area contributed by atoms with Crippen molar-refractivity contribution in [2.75, 3.05) is 26.0 Å². The first-order valence-corrected chi connectivity index (χ1v) is 11.5. The molecule has 3 aromatic rings. The average molecular weight is 425 g/mol. The normalized spacial score (nSPS) is 14.3. The van der Waals surface area contributed by atoms with E-state index in [9.17, 15) is 13.2 Å². The maximum Gasteiger partial charge on any atom is 0.251 e. The fraction of sp³-hybridized carbons (Fsp3) is 0.261. The molecule has 0 saturated heterocycles. The minimum absolute atomic E-state index is 0.0694. The molecule has 1 heterocycles. The molecule has 30 heavy (non-hydrogen) atoms. The number of sulfonamides is 1. The summed E-state index contributed by atoms with van der Waals surface area (Å²) in [6, 6.07) is 19.0. The van der Waals surface area contributed by atoms with Gasteiger partial charge in [-0.05, 0) is 52.6 Å². The first kappa shape index (κ1) is 20.4. The Labute approximate surface area is 176 Å². The van der Waals surface area contributed by atoms with Crippen LogP contribution < -0.4 is 10.1 Å². The van der Waals surface area contributed by atoms with E-state index < -0.39 is 10.0 Å². The second-order valence-corrected chi connectivity index (χ2v) is 9.44. The van der Waals surface area contributed by atoms with E-state index in [2.05, 4.69) is 5.32 Å². The summed E-state index contributed by atoms with van der Waals surface area (Å²) < 4.78 is 32.3. The maximum atomic E-state index is 12.8. The van der Waals surface area contributed by atoms with Gasteiger partial charge < -0.3 is 10.1 Å². The van der Waals surface area contributed by atoms with Gasteiger partial charge in [0, 0.05) is 25.2 Å². The third kappa shape index (κ3) is 4.32. The zero-order valence-corrected chi connectivity index (χ0v) is 17.6. The number of nitrogens with one attached hydrogen (secondary N) is 1. The molecule has 4 rings (SSSR count). The van der Waals surface area contributed by atoms with Crippen molar-refractivity contribution in [3.8, 4) is 5.75 Å². The third-order valence-electron chi connectivity index (χ3n) is 5.44. The number of carbonyl (C=O) groups excluding carboxylic acids is 1. The number of hydrogen-bond acceptors (Lipinski definition) is 4. The SMILES string of the molecule is COc1ccc2c(c1)CCN(S(=O)(=O)CCNC(=O)c1ccc3ccccc3c1)C2. The van der Waals surface area contributed by atoms with Gasteiger partial charge in [0.05, 0.1) is 12.9 Å². The zero-order chi connectivity index (χ0) is 21.1. The molecule has 1 aliphatic rings. The second kappa shape index (κ2) is 8.45. The Morgan fingerprint density at radius 3 is 2.63 bits per heavy atom. The molecule has 0 aliphatic carbocycles. The van der Waals surface area contributed by atoms with Gasteiger partial charge in [-0.15, -0.1) is 0 Å². The third-order valence-corrected chi connectivity index (χ3v) is 7.26. The van der Waals surface area contributed by atoms with Gasteiger partial charge in [0.25, 0.3) is 5.91 Å². The molecule has 156 valence electrons. The molecule has 0 unspecified atom stereocenters. The summed E-state index contributed by atoms with van der Waals surface area (Å²) in [6.45, 7) is 0.849. The highest BCUT2D eigenvalue weighted by Gasteiger charge is 2.26. The van der Waals surface area contributed by atoms with Crippen molar-refractivity contribution in [2.45, 2.75) is 13.0 Å². The zero-order valence-electron chi connectivity index (χ0n) is 16.8. The van der Waals surface area contributed by atoms with Crippen LogP contribution >= 0.6 is 0 Å². The van der Waals surface area contributed by atoms with E-state index >= 15 is 0 Å². The molecule has 0 saturated carbocycles. The lowest BCUT2D eigenvalue weighted by molar-refractivity contribution is 0.0956. The second-order valence-electron chi connectivity index (χ2n) is 7.35. The molecule has 0 aromatic heterocycles. The molecule has 0 bridgehead atoms. The Morgan fingerprint density at radius 2 is 1.83 bits per heavy atom. The highest BCUT2D eigenvalue weighted by molar-refractivity contribution is 7.89. The molecule has 3 aromatic carbocycles. The van der Waals surface area contributed by atoms with Crippen LogP contribution in [0.4, 0.5) is 0 Å². The number of carbonyl (C=O) groups is 1. The highest BCUT2D eigenvalue weighted by Crippen LogP contribution is 2.25. The van der Waals surface area contributed by atoms with E-state index in [1.54, 1.807) is 13.2 Å². The van der Waals surface area contributed by atoms with Crippen molar-refractivity contribution in [3.63, 3.8) is 0 Å². The van der Waals surface area contributed by atoms with Crippen molar-refractivity contribution in [3.05, 3.63) is 77.4 Å². The summed E-state index contributed by atoms with van der Waals surface area (Å²) in [6.07, 6.45) is 0.648. The fourth-order valence-electron chi connectivity index (χ4n) is 3.72. The molecule has 7 heteroatoms. The quantitative estimate of drug-likeness (QED) is 0.660. The summed E-state index contributed by atoms with van der Waals surface area (Å²) >= 11 is 0. The minimum atomic E-state index is -3.47. The molecule has 0 atom stereocenters. The van der Waals surface area contributed by atoms with Crippen LogP contribution in [-0.2, 0) is 23.0 Å². The Balaban J connectivity index is 1.36. The Morgan fingerprint density at radius 1 is 1.03 bits per heavy atom. The van der Waals surface area contributed by atoms with Crippen LogP contribution in [0.15, 0.2) is 60.7 Å². The topological polar surface area (TPSA) is 75.7 Å². The largest absolute Gasteiger partial charge is 0.497 e. The number of fused-ring (bicyclic) bond motifs is 2. The van der Waals surface area contributed by atoms with E-state index in [1.807, 2.05) is 54.6 Å². The number of ether oxygens (including phenoxy) is 1. The van der Waals surface area contributed by atoms with Crippen LogP contribution in [0.3, 0.4) is 0 Å². The van der Waals surface area contributed by atoms with Gasteiger partial charge >= 0.3 is 0 Å². The van der Waals surface area contributed by atoms with E-state index in [1.165, 1.54) is 4.31 Å². The lowest BCUT2D eigenvalue weighted by atomic mass is 10.0. The van der Waals surface area contributed by atoms with E-state index in [0.29, 0.717) is 25.1 Å². The van der Waals surface area contributed by atoms with Gasteiger partial charge in [-0.1, -0.05) is 36.4 Å². The Hall–Kier alpha value is -2.90. The van der Waals surface area contributed by atoms with Gasteiger partial charge in [0.15, 0.2) is 0 Å². The smallest absolute Gasteiger partial charge is 0.251 e. The summed E-state index contributed by atoms with van der Waals surface area (Å²) in [4.78, 5) is 12.4. The number of methoxy groups -OCH3 is 1. The summed E-state index contributed by atoms with van der Waals surface area (Å²) in [7, 11) is -1.85. The predicted octanol–water partition coefficient (Wildman–Crippen LogP) is 2.97. The molecule has 1 amide bonds. The molecular formula is C23H24N2O4S. The van der Waals surface area contributed by atoms with Gasteiger partial charge in [-0.3, -0.25) is 4.79 Å². The monoisotopic (exact) mass is 424 g/mol. The van der Waals surface area contributed by atoms with Crippen molar-refractivity contribution in [2.24, 2.45) is 0 Å². The molecule has 6 nitrogen and oxygen atoms in total. The number of amides is 1. The lowest BCUT2D eigenvalue weighted by Crippen LogP contribution is -2.40. The van der Waals surface area contributed by atoms with Crippen molar-refractivity contribution >= 4 is 26.7 Å². The van der Waals surface area contributed by atoms with Gasteiger partial charge in [0.1, 0.15) is 5.75 Å². The number of hydrogen-bond donors (Lipinski definition) is 1. The Kier molecular flexibility index (Phi) is 5.74. The first-order chi connectivity index (χ1) is 14.5. The maximum absolute atomic E-state index is 12.8. The van der Waals surface area contributed by atoms with Crippen LogP contribution in [0, 0.1) is 0 Å². The van der Waals surface area contributed by atoms with Crippen LogP contribution in [0.25, 0.3) is 10.8 Å². The molecule has 1 N–H and O–H groups in total. The van der Waals surface area contributed by atoms with Crippen LogP contribution in [0.1, 0.15) is 21.5 Å². The molecule has 0 spiro atoms. The summed E-state index contributed by atoms with van der Waals surface area (Å²) in [5, 5.41) is 4.76. The first-order valence-electron chi connectivity index (χ1n) is 9.87. The lowest BCUT2D eigenvalue weighted by Gasteiger charge is -2.28. The average Bonchev–Trinajstić information content (AvgIpc) is 2.77. The number of nitrogens with zero attached hydrogens (tertiary/aromatic N) is 1. The van der Waals surface area contributed by atoms with Crippen LogP contribution in [-0.4, -0.2) is 44.6 Å². The van der Waals surface area contributed by atoms with E-state index in [4.69, 9.17) is 4.74 Å². The molecule has 0 radical (unpaired) electrons. The number of rotatable bonds is 6. The van der Waals surface area contributed by atoms with Crippen molar-refractivity contribution < 1.29 is 17.9 Å². The Bertz CT molecular complexity index is 1190. The minimum Gasteiger partial charge on any atom is -0.497 e. The van der Waals surface area contributed by atoms with Crippen molar-refractivity contribution in [1.29, 1.82) is 0 Å². The molecule has 1 aliphatic heterocycles. The molecule has 0 fully saturated rings. The van der Waals surface area contributed by atoms with E-state index in [0.717, 1.165) is 27.6 Å². The highest BCUT2D eigenvalue weighted by atomic mass is 32.2. The van der Waals surface area contributed by atoms with Gasteiger partial charge in [0.2, 0.25) is 10.0 Å². The molecular weight excluding hydrogens is 400 g/mol. The number of benzene rings is 3. The van der Waals surface area contributed by atoms with E-state index in [-0.39, 0.29) is 18.2 Å². The predicted molar refractivity (Wildman–Crippen MR) is 117 cm³/mol. The van der Waals surface area contributed by atoms with Crippen LogP contribution in [0.2, 0.25) is 0 Å². The standard InChI is InChI=1S/C23H24N2O4S/c1-29-22-9-8-21-16-25(12-10-19(21)15-22)30(27,28)13-11-24-23(26)20-7-6-17-4-2-3-5-18(17)14-20/h2-9,14-15H,10-13,16H2,1H3,(H,24,26). The van der Waals surface area contributed by atoms with Gasteiger partial charge in [-0.2, -0.15) is 4.31 Å². The van der Waals surface area contributed by atoms with Crippen molar-refractivity contribution in [1.82, 2.24) is 9.62 Å². The van der Waals surface area contributed by atoms with Gasteiger partial charge in [-0.25, -0.2) is 8.42 Å². The fourth-order valence-corrected chi connectivity index (χ4v) is 5.05. The van der Waals surface area contributed by atoms with Crippen LogP contribution in [0.5, 0.6) is 5.75 Å². The summed E-state index contributed by atoms with van der Waals surface area (Å²) in [5.74, 6) is 0.381. The summed E-state index contributed by atoms with van der Waals surface area (Å²) in [5.41, 5.74) is 2.63.